The molecular formula is C22H22N2O5S. The van der Waals surface area contributed by atoms with E-state index in [1.807, 2.05) is 6.07 Å². The molecule has 156 valence electrons. The lowest BCUT2D eigenvalue weighted by atomic mass is 9.83. The summed E-state index contributed by atoms with van der Waals surface area (Å²) in [5.74, 6) is 1.03. The first-order valence-electron chi connectivity index (χ1n) is 9.69. The van der Waals surface area contributed by atoms with Gasteiger partial charge in [-0.25, -0.2) is 8.42 Å². The first-order valence-corrected chi connectivity index (χ1v) is 11.1. The lowest BCUT2D eigenvalue weighted by molar-refractivity contribution is 0.00590. The normalized spacial score (nSPS) is 18.4. The van der Waals surface area contributed by atoms with E-state index in [0.717, 1.165) is 5.56 Å². The Hall–Kier alpha value is -2.89. The van der Waals surface area contributed by atoms with Crippen molar-refractivity contribution in [1.29, 1.82) is 5.26 Å². The molecule has 1 spiro atoms. The minimum Gasteiger partial charge on any atom is -0.496 e. The molecule has 0 unspecified atom stereocenters. The average molecular weight is 426 g/mol. The number of fused-ring (bicyclic) bond motifs is 1. The van der Waals surface area contributed by atoms with Crippen LogP contribution in [0.4, 0.5) is 0 Å². The summed E-state index contributed by atoms with van der Waals surface area (Å²) in [5, 5.41) is 9.04. The Labute approximate surface area is 175 Å². The molecule has 2 aromatic rings. The molecule has 0 atom stereocenters. The number of nitriles is 1. The first kappa shape index (κ1) is 20.4. The number of sulfonamides is 1. The number of benzene rings is 2. The second-order valence-electron chi connectivity index (χ2n) is 7.74. The Bertz CT molecular complexity index is 1160. The van der Waals surface area contributed by atoms with E-state index in [0.29, 0.717) is 35.5 Å². The van der Waals surface area contributed by atoms with E-state index in [1.165, 1.54) is 4.31 Å². The Kier molecular flexibility index (Phi) is 5.04. The van der Waals surface area contributed by atoms with Gasteiger partial charge in [0.25, 0.3) is 0 Å². The molecule has 8 heteroatoms. The number of piperidine rings is 1. The van der Waals surface area contributed by atoms with Crippen LogP contribution in [0.25, 0.3) is 0 Å². The molecular weight excluding hydrogens is 404 g/mol. The van der Waals surface area contributed by atoms with Crippen LogP contribution in [0, 0.1) is 18.3 Å². The van der Waals surface area contributed by atoms with Crippen LogP contribution in [-0.4, -0.2) is 44.3 Å². The summed E-state index contributed by atoms with van der Waals surface area (Å²) >= 11 is 0. The third kappa shape index (κ3) is 3.44. The Balaban J connectivity index is 1.53. The lowest BCUT2D eigenvalue weighted by Crippen LogP contribution is -2.52. The van der Waals surface area contributed by atoms with Crippen molar-refractivity contribution >= 4 is 15.8 Å². The number of carbonyl (C=O) groups is 1. The fraction of sp³-hybridized carbons (Fsp3) is 0.364. The van der Waals surface area contributed by atoms with Gasteiger partial charge >= 0.3 is 0 Å². The molecule has 0 aliphatic carbocycles. The van der Waals surface area contributed by atoms with Crippen molar-refractivity contribution in [3.8, 4) is 17.6 Å². The highest BCUT2D eigenvalue weighted by atomic mass is 32.2. The molecule has 1 fully saturated rings. The number of nitrogens with zero attached hydrogens (tertiary/aromatic N) is 2. The second-order valence-corrected chi connectivity index (χ2v) is 9.68. The molecule has 2 aliphatic rings. The number of rotatable bonds is 3. The van der Waals surface area contributed by atoms with Crippen LogP contribution in [0.1, 0.15) is 40.7 Å². The van der Waals surface area contributed by atoms with Gasteiger partial charge in [-0.15, -0.1) is 0 Å². The van der Waals surface area contributed by atoms with Crippen LogP contribution in [0.3, 0.4) is 0 Å². The molecule has 0 aromatic heterocycles. The molecule has 1 saturated heterocycles. The fourth-order valence-corrected chi connectivity index (χ4v) is 5.66. The average Bonchev–Trinajstić information content (AvgIpc) is 2.73. The predicted octanol–water partition coefficient (Wildman–Crippen LogP) is 3.06. The van der Waals surface area contributed by atoms with Gasteiger partial charge in [0.05, 0.1) is 35.6 Å². The van der Waals surface area contributed by atoms with Crippen LogP contribution in [0.2, 0.25) is 0 Å². The maximum atomic E-state index is 13.1. The quantitative estimate of drug-likeness (QED) is 0.748. The highest BCUT2D eigenvalue weighted by Gasteiger charge is 2.45. The molecule has 7 nitrogen and oxygen atoms in total. The molecule has 0 saturated carbocycles. The van der Waals surface area contributed by atoms with E-state index in [4.69, 9.17) is 14.7 Å². The van der Waals surface area contributed by atoms with Gasteiger partial charge < -0.3 is 9.47 Å². The lowest BCUT2D eigenvalue weighted by Gasteiger charge is -2.43. The van der Waals surface area contributed by atoms with Gasteiger partial charge in [-0.3, -0.25) is 4.79 Å². The van der Waals surface area contributed by atoms with Gasteiger partial charge in [-0.05, 0) is 48.9 Å². The number of Topliss-reactive ketones (excluding diaryl/α,β-unsaturated/α-hetero) is 1. The molecule has 2 heterocycles. The van der Waals surface area contributed by atoms with Gasteiger partial charge in [-0.2, -0.15) is 9.57 Å². The zero-order valence-electron chi connectivity index (χ0n) is 16.8. The third-order valence-electron chi connectivity index (χ3n) is 5.86. The molecule has 0 N–H and O–H groups in total. The highest BCUT2D eigenvalue weighted by molar-refractivity contribution is 7.89. The monoisotopic (exact) mass is 426 g/mol. The van der Waals surface area contributed by atoms with Crippen LogP contribution in [-0.2, 0) is 10.0 Å². The number of hydrogen-bond donors (Lipinski definition) is 0. The smallest absolute Gasteiger partial charge is 0.243 e. The largest absolute Gasteiger partial charge is 0.496 e. The van der Waals surface area contributed by atoms with Crippen molar-refractivity contribution in [2.45, 2.75) is 36.7 Å². The number of ketones is 1. The SMILES string of the molecule is COc1ccc(S(=O)(=O)N2CCC3(CC2)CC(=O)c2cc(C#N)ccc2O3)cc1C. The molecule has 2 aliphatic heterocycles. The van der Waals surface area contributed by atoms with E-state index in [1.54, 1.807) is 50.4 Å². The van der Waals surface area contributed by atoms with Crippen molar-refractivity contribution in [3.05, 3.63) is 53.1 Å². The van der Waals surface area contributed by atoms with Crippen molar-refractivity contribution in [2.24, 2.45) is 0 Å². The molecule has 0 bridgehead atoms. The first-order chi connectivity index (χ1) is 14.3. The molecule has 0 radical (unpaired) electrons. The molecule has 4 rings (SSSR count). The zero-order chi connectivity index (χ0) is 21.5. The summed E-state index contributed by atoms with van der Waals surface area (Å²) in [4.78, 5) is 12.9. The number of hydrogen-bond acceptors (Lipinski definition) is 6. The molecule has 30 heavy (non-hydrogen) atoms. The van der Waals surface area contributed by atoms with Crippen LogP contribution in [0.15, 0.2) is 41.3 Å². The van der Waals surface area contributed by atoms with Crippen molar-refractivity contribution in [3.63, 3.8) is 0 Å². The number of methoxy groups -OCH3 is 1. The van der Waals surface area contributed by atoms with Crippen LogP contribution in [0.5, 0.6) is 11.5 Å². The van der Waals surface area contributed by atoms with E-state index in [2.05, 4.69) is 0 Å². The van der Waals surface area contributed by atoms with Crippen LogP contribution < -0.4 is 9.47 Å². The summed E-state index contributed by atoms with van der Waals surface area (Å²) in [6, 6.07) is 11.7. The second kappa shape index (κ2) is 7.42. The van der Waals surface area contributed by atoms with Crippen molar-refractivity contribution in [2.75, 3.05) is 20.2 Å². The summed E-state index contributed by atoms with van der Waals surface area (Å²) in [5.41, 5.74) is 0.877. The summed E-state index contributed by atoms with van der Waals surface area (Å²) < 4.78 is 39.0. The third-order valence-corrected chi connectivity index (χ3v) is 7.75. The summed E-state index contributed by atoms with van der Waals surface area (Å²) in [6.07, 6.45) is 1.03. The Morgan fingerprint density at radius 1 is 1.17 bits per heavy atom. The fourth-order valence-electron chi connectivity index (χ4n) is 4.14. The standard InChI is InChI=1S/C22H22N2O5S/c1-15-11-17(4-6-20(15)28-2)30(26,27)24-9-7-22(8-10-24)13-19(25)18-12-16(14-23)3-5-21(18)29-22/h3-6,11-12H,7-10,13H2,1-2H3. The number of aryl methyl sites for hydroxylation is 1. The molecule has 0 amide bonds. The van der Waals surface area contributed by atoms with Crippen molar-refractivity contribution in [1.82, 2.24) is 4.31 Å². The van der Waals surface area contributed by atoms with Crippen LogP contribution >= 0.6 is 0 Å². The van der Waals surface area contributed by atoms with Gasteiger partial charge in [0.1, 0.15) is 17.1 Å². The van der Waals surface area contributed by atoms with Gasteiger partial charge in [0, 0.05) is 25.9 Å². The number of carbonyl (C=O) groups excluding carboxylic acids is 1. The van der Waals surface area contributed by atoms with E-state index < -0.39 is 15.6 Å². The Morgan fingerprint density at radius 2 is 1.90 bits per heavy atom. The molecule has 2 aromatic carbocycles. The maximum Gasteiger partial charge on any atom is 0.243 e. The van der Waals surface area contributed by atoms with Gasteiger partial charge in [-0.1, -0.05) is 0 Å². The zero-order valence-corrected chi connectivity index (χ0v) is 17.7. The van der Waals surface area contributed by atoms with E-state index in [-0.39, 0.29) is 30.2 Å². The van der Waals surface area contributed by atoms with Gasteiger partial charge in [0.2, 0.25) is 10.0 Å². The minimum absolute atomic E-state index is 0.0737. The summed E-state index contributed by atoms with van der Waals surface area (Å²) in [7, 11) is -2.10. The predicted molar refractivity (Wildman–Crippen MR) is 109 cm³/mol. The minimum atomic E-state index is -3.65. The highest BCUT2D eigenvalue weighted by Crippen LogP contribution is 2.40. The maximum absolute atomic E-state index is 13.1. The Morgan fingerprint density at radius 3 is 2.53 bits per heavy atom. The van der Waals surface area contributed by atoms with Crippen molar-refractivity contribution < 1.29 is 22.7 Å². The number of ether oxygens (including phenoxy) is 2. The van der Waals surface area contributed by atoms with E-state index in [9.17, 15) is 13.2 Å². The summed E-state index contributed by atoms with van der Waals surface area (Å²) in [6.45, 7) is 2.35. The van der Waals surface area contributed by atoms with Gasteiger partial charge in [0.15, 0.2) is 5.78 Å². The van der Waals surface area contributed by atoms with E-state index >= 15 is 0 Å². The topological polar surface area (TPSA) is 96.7 Å².